The van der Waals surface area contributed by atoms with Gasteiger partial charge in [0.1, 0.15) is 0 Å². The zero-order chi connectivity index (χ0) is 12.3. The summed E-state index contributed by atoms with van der Waals surface area (Å²) in [7, 11) is 2.21. The van der Waals surface area contributed by atoms with Crippen LogP contribution in [0.5, 0.6) is 0 Å². The van der Waals surface area contributed by atoms with Gasteiger partial charge in [0.2, 0.25) is 0 Å². The highest BCUT2D eigenvalue weighted by atomic mass is 19.1. The van der Waals surface area contributed by atoms with E-state index in [-0.39, 0.29) is 6.67 Å². The van der Waals surface area contributed by atoms with E-state index in [2.05, 4.69) is 11.9 Å². The molecule has 2 bridgehead atoms. The Morgan fingerprint density at radius 2 is 1.82 bits per heavy atom. The zero-order valence-electron chi connectivity index (χ0n) is 11.0. The summed E-state index contributed by atoms with van der Waals surface area (Å²) in [5.74, 6) is 0. The fourth-order valence-electron chi connectivity index (χ4n) is 3.68. The second-order valence-corrected chi connectivity index (χ2v) is 6.04. The molecule has 3 heteroatoms. The topological polar surface area (TPSA) is 23.5 Å². The van der Waals surface area contributed by atoms with E-state index < -0.39 is 5.60 Å². The third kappa shape index (κ3) is 3.19. The predicted molar refractivity (Wildman–Crippen MR) is 67.8 cm³/mol. The van der Waals surface area contributed by atoms with Gasteiger partial charge in [-0.15, -0.1) is 0 Å². The van der Waals surface area contributed by atoms with Crippen molar-refractivity contribution in [2.45, 2.75) is 75.5 Å². The maximum Gasteiger partial charge on any atom is 0.0894 e. The third-order valence-corrected chi connectivity index (χ3v) is 4.73. The minimum atomic E-state index is -0.460. The Labute approximate surface area is 104 Å². The predicted octanol–water partition coefficient (Wildman–Crippen LogP) is 2.89. The number of aliphatic hydroxyl groups is 1. The molecule has 0 spiro atoms. The molecule has 2 nitrogen and oxygen atoms in total. The Bertz CT molecular complexity index is 232. The van der Waals surface area contributed by atoms with Crippen LogP contribution in [0.2, 0.25) is 0 Å². The van der Waals surface area contributed by atoms with Crippen LogP contribution >= 0.6 is 0 Å². The van der Waals surface area contributed by atoms with Crippen molar-refractivity contribution in [1.82, 2.24) is 4.90 Å². The monoisotopic (exact) mass is 243 g/mol. The van der Waals surface area contributed by atoms with Gasteiger partial charge in [-0.05, 0) is 45.6 Å². The number of piperidine rings is 2. The molecule has 2 heterocycles. The number of nitrogens with zero attached hydrogens (tertiary/aromatic N) is 1. The number of halogens is 1. The molecular weight excluding hydrogens is 217 g/mol. The molecule has 2 unspecified atom stereocenters. The van der Waals surface area contributed by atoms with Gasteiger partial charge in [-0.1, -0.05) is 19.3 Å². The van der Waals surface area contributed by atoms with Crippen molar-refractivity contribution in [1.29, 1.82) is 0 Å². The summed E-state index contributed by atoms with van der Waals surface area (Å²) in [6.45, 7) is -0.216. The smallest absolute Gasteiger partial charge is 0.0894 e. The van der Waals surface area contributed by atoms with Gasteiger partial charge in [-0.3, -0.25) is 4.39 Å². The average molecular weight is 243 g/mol. The first-order valence-electron chi connectivity index (χ1n) is 7.15. The fraction of sp³-hybridized carbons (Fsp3) is 1.00. The van der Waals surface area contributed by atoms with Crippen LogP contribution in [0.1, 0.15) is 57.8 Å². The highest BCUT2D eigenvalue weighted by molar-refractivity contribution is 4.98. The summed E-state index contributed by atoms with van der Waals surface area (Å²) in [4.78, 5) is 2.47. The molecule has 0 saturated carbocycles. The lowest BCUT2D eigenvalue weighted by atomic mass is 9.74. The quantitative estimate of drug-likeness (QED) is 0.751. The van der Waals surface area contributed by atoms with Gasteiger partial charge in [0, 0.05) is 12.1 Å². The molecule has 2 aliphatic heterocycles. The van der Waals surface area contributed by atoms with E-state index in [0.29, 0.717) is 18.5 Å². The normalized spacial score (nSPS) is 38.3. The van der Waals surface area contributed by atoms with Crippen LogP contribution in [0.4, 0.5) is 4.39 Å². The Morgan fingerprint density at radius 3 is 2.41 bits per heavy atom. The number of hydrogen-bond acceptors (Lipinski definition) is 2. The van der Waals surface area contributed by atoms with Gasteiger partial charge in [0.05, 0.1) is 12.3 Å². The zero-order valence-corrected chi connectivity index (χ0v) is 11.0. The Balaban J connectivity index is 1.84. The first-order valence-corrected chi connectivity index (χ1v) is 7.15. The molecule has 0 radical (unpaired) electrons. The number of fused-ring (bicyclic) bond motifs is 2. The van der Waals surface area contributed by atoms with Crippen molar-refractivity contribution in [2.75, 3.05) is 13.7 Å². The second-order valence-electron chi connectivity index (χ2n) is 6.04. The first kappa shape index (κ1) is 13.3. The second kappa shape index (κ2) is 5.66. The van der Waals surface area contributed by atoms with Gasteiger partial charge >= 0.3 is 0 Å². The number of unbranched alkanes of at least 4 members (excludes halogenated alkanes) is 2. The molecular formula is C14H26FNO. The SMILES string of the molecule is CN1C2CCCC1CC(O)(CCCCCF)C2. The maximum absolute atomic E-state index is 12.0. The van der Waals surface area contributed by atoms with Crippen molar-refractivity contribution in [3.8, 4) is 0 Å². The molecule has 2 fully saturated rings. The molecule has 0 aromatic rings. The van der Waals surface area contributed by atoms with Crippen molar-refractivity contribution in [2.24, 2.45) is 0 Å². The molecule has 2 rings (SSSR count). The molecule has 0 aromatic heterocycles. The van der Waals surface area contributed by atoms with E-state index in [1.54, 1.807) is 0 Å². The summed E-state index contributed by atoms with van der Waals surface area (Å²) < 4.78 is 12.0. The van der Waals surface area contributed by atoms with Gasteiger partial charge in [-0.25, -0.2) is 0 Å². The van der Waals surface area contributed by atoms with Gasteiger partial charge in [0.25, 0.3) is 0 Å². The lowest BCUT2D eigenvalue weighted by Gasteiger charge is -2.50. The molecule has 0 aromatic carbocycles. The molecule has 0 amide bonds. The Morgan fingerprint density at radius 1 is 1.18 bits per heavy atom. The molecule has 2 aliphatic rings. The van der Waals surface area contributed by atoms with Crippen LogP contribution in [0.25, 0.3) is 0 Å². The molecule has 0 aliphatic carbocycles. The molecule has 1 N–H and O–H groups in total. The lowest BCUT2D eigenvalue weighted by Crippen LogP contribution is -2.56. The highest BCUT2D eigenvalue weighted by Gasteiger charge is 2.43. The van der Waals surface area contributed by atoms with Crippen molar-refractivity contribution >= 4 is 0 Å². The largest absolute Gasteiger partial charge is 0.390 e. The van der Waals surface area contributed by atoms with Crippen LogP contribution in [-0.4, -0.2) is 41.4 Å². The van der Waals surface area contributed by atoms with Gasteiger partial charge in [0.15, 0.2) is 0 Å². The van der Waals surface area contributed by atoms with Crippen LogP contribution in [0.15, 0.2) is 0 Å². The Hall–Kier alpha value is -0.150. The van der Waals surface area contributed by atoms with Crippen LogP contribution in [0.3, 0.4) is 0 Å². The van der Waals surface area contributed by atoms with E-state index in [1.165, 1.54) is 19.3 Å². The number of alkyl halides is 1. The average Bonchev–Trinajstić information content (AvgIpc) is 2.27. The first-order chi connectivity index (χ1) is 8.14. The molecule has 100 valence electrons. The number of hydrogen-bond donors (Lipinski definition) is 1. The van der Waals surface area contributed by atoms with Crippen LogP contribution in [0, 0.1) is 0 Å². The third-order valence-electron chi connectivity index (χ3n) is 4.73. The van der Waals surface area contributed by atoms with E-state index >= 15 is 0 Å². The van der Waals surface area contributed by atoms with Crippen molar-refractivity contribution in [3.05, 3.63) is 0 Å². The number of rotatable bonds is 5. The molecule has 2 saturated heterocycles. The van der Waals surface area contributed by atoms with Crippen molar-refractivity contribution in [3.63, 3.8) is 0 Å². The minimum absolute atomic E-state index is 0.216. The van der Waals surface area contributed by atoms with E-state index in [9.17, 15) is 9.50 Å². The summed E-state index contributed by atoms with van der Waals surface area (Å²) in [6.07, 6.45) is 9.06. The molecule has 17 heavy (non-hydrogen) atoms. The van der Waals surface area contributed by atoms with E-state index in [4.69, 9.17) is 0 Å². The van der Waals surface area contributed by atoms with Crippen molar-refractivity contribution < 1.29 is 9.50 Å². The summed E-state index contributed by atoms with van der Waals surface area (Å²) >= 11 is 0. The molecule has 2 atom stereocenters. The minimum Gasteiger partial charge on any atom is -0.390 e. The van der Waals surface area contributed by atoms with Crippen LogP contribution in [-0.2, 0) is 0 Å². The lowest BCUT2D eigenvalue weighted by molar-refractivity contribution is -0.0879. The Kier molecular flexibility index (Phi) is 4.42. The van der Waals surface area contributed by atoms with Gasteiger partial charge in [-0.2, -0.15) is 0 Å². The maximum atomic E-state index is 12.0. The highest BCUT2D eigenvalue weighted by Crippen LogP contribution is 2.40. The van der Waals surface area contributed by atoms with E-state index in [0.717, 1.165) is 32.1 Å². The summed E-state index contributed by atoms with van der Waals surface area (Å²) in [5, 5.41) is 10.7. The summed E-state index contributed by atoms with van der Waals surface area (Å²) in [6, 6.07) is 1.15. The van der Waals surface area contributed by atoms with E-state index in [1.807, 2.05) is 0 Å². The van der Waals surface area contributed by atoms with Gasteiger partial charge < -0.3 is 10.0 Å². The van der Waals surface area contributed by atoms with Crippen LogP contribution < -0.4 is 0 Å². The fourth-order valence-corrected chi connectivity index (χ4v) is 3.68. The standard InChI is InChI=1S/C14H26FNO/c1-16-12-6-5-7-13(16)11-14(17,10-12)8-3-2-4-9-15/h12-13,17H,2-11H2,1H3. The summed E-state index contributed by atoms with van der Waals surface area (Å²) in [5.41, 5.74) is -0.460.